The summed E-state index contributed by atoms with van der Waals surface area (Å²) >= 11 is 6.00. The van der Waals surface area contributed by atoms with E-state index in [2.05, 4.69) is 10.6 Å². The third-order valence-electron chi connectivity index (χ3n) is 4.11. The Morgan fingerprint density at radius 1 is 1.25 bits per heavy atom. The number of rotatable bonds is 2. The molecule has 3 nitrogen and oxygen atoms in total. The third kappa shape index (κ3) is 3.46. The molecule has 2 bridgehead atoms. The van der Waals surface area contributed by atoms with Crippen LogP contribution < -0.4 is 10.6 Å². The predicted molar refractivity (Wildman–Crippen MR) is 83.9 cm³/mol. The van der Waals surface area contributed by atoms with Gasteiger partial charge in [0.2, 0.25) is 0 Å². The van der Waals surface area contributed by atoms with Crippen molar-refractivity contribution in [3.05, 3.63) is 34.3 Å². The number of aryl methyl sites for hydroxylation is 1. The molecule has 2 N–H and O–H groups in total. The molecule has 2 saturated heterocycles. The SMILES string of the molecule is Cc1cc(Cl)cc(C(=O)NC2CC3CCC(C2)N3)c1.Cl. The average Bonchev–Trinajstić information content (AvgIpc) is 2.67. The van der Waals surface area contributed by atoms with Crippen molar-refractivity contribution in [2.45, 2.75) is 50.7 Å². The monoisotopic (exact) mass is 314 g/mol. The van der Waals surface area contributed by atoms with Gasteiger partial charge in [-0.2, -0.15) is 0 Å². The van der Waals surface area contributed by atoms with E-state index < -0.39 is 0 Å². The van der Waals surface area contributed by atoms with E-state index in [9.17, 15) is 4.79 Å². The maximum absolute atomic E-state index is 12.3. The normalized spacial score (nSPS) is 27.8. The molecule has 20 heavy (non-hydrogen) atoms. The van der Waals surface area contributed by atoms with Gasteiger partial charge in [0.15, 0.2) is 0 Å². The van der Waals surface area contributed by atoms with Gasteiger partial charge in [-0.3, -0.25) is 4.79 Å². The van der Waals surface area contributed by atoms with E-state index in [0.717, 1.165) is 18.4 Å². The zero-order valence-electron chi connectivity index (χ0n) is 11.5. The summed E-state index contributed by atoms with van der Waals surface area (Å²) in [6.45, 7) is 1.95. The van der Waals surface area contributed by atoms with Crippen LogP contribution in [0.3, 0.4) is 0 Å². The first-order valence-corrected chi connectivity index (χ1v) is 7.32. The van der Waals surface area contributed by atoms with Crippen molar-refractivity contribution in [2.24, 2.45) is 0 Å². The highest BCUT2D eigenvalue weighted by Crippen LogP contribution is 2.27. The van der Waals surface area contributed by atoms with Crippen molar-refractivity contribution in [1.29, 1.82) is 0 Å². The number of hydrogen-bond acceptors (Lipinski definition) is 2. The summed E-state index contributed by atoms with van der Waals surface area (Å²) in [5.74, 6) is -0.00287. The third-order valence-corrected chi connectivity index (χ3v) is 4.33. The molecule has 3 rings (SSSR count). The first-order valence-electron chi connectivity index (χ1n) is 6.94. The van der Waals surface area contributed by atoms with E-state index in [1.165, 1.54) is 12.8 Å². The Kier molecular flexibility index (Phi) is 4.95. The van der Waals surface area contributed by atoms with E-state index in [0.29, 0.717) is 28.7 Å². The molecule has 5 heteroatoms. The Morgan fingerprint density at radius 2 is 1.90 bits per heavy atom. The highest BCUT2D eigenvalue weighted by Gasteiger charge is 2.34. The topological polar surface area (TPSA) is 41.1 Å². The smallest absolute Gasteiger partial charge is 0.251 e. The predicted octanol–water partition coefficient (Wildman–Crippen LogP) is 3.08. The summed E-state index contributed by atoms with van der Waals surface area (Å²) in [6.07, 6.45) is 4.57. The molecule has 0 aromatic heterocycles. The number of carbonyl (C=O) groups excluding carboxylic acids is 1. The second kappa shape index (κ2) is 6.33. The van der Waals surface area contributed by atoms with Crippen LogP contribution in [0.5, 0.6) is 0 Å². The highest BCUT2D eigenvalue weighted by molar-refractivity contribution is 6.31. The molecular formula is C15H20Cl2N2O. The Hall–Kier alpha value is -0.770. The second-order valence-electron chi connectivity index (χ2n) is 5.80. The Morgan fingerprint density at radius 3 is 2.50 bits per heavy atom. The molecule has 2 heterocycles. The Bertz CT molecular complexity index is 474. The van der Waals surface area contributed by atoms with Crippen LogP contribution in [0, 0.1) is 6.92 Å². The van der Waals surface area contributed by atoms with Crippen molar-refractivity contribution in [3.63, 3.8) is 0 Å². The van der Waals surface area contributed by atoms with Gasteiger partial charge in [0.1, 0.15) is 0 Å². The first-order chi connectivity index (χ1) is 9.10. The Balaban J connectivity index is 0.00000147. The lowest BCUT2D eigenvalue weighted by atomic mass is 9.99. The molecule has 0 radical (unpaired) electrons. The molecule has 2 aliphatic heterocycles. The molecule has 1 amide bonds. The van der Waals surface area contributed by atoms with Gasteiger partial charge in [-0.1, -0.05) is 11.6 Å². The van der Waals surface area contributed by atoms with Crippen molar-refractivity contribution >= 4 is 29.9 Å². The standard InChI is InChI=1S/C15H19ClN2O.ClH/c1-9-4-10(6-11(16)5-9)15(19)18-14-7-12-2-3-13(8-14)17-12;/h4-6,12-14,17H,2-3,7-8H2,1H3,(H,18,19);1H. The highest BCUT2D eigenvalue weighted by atomic mass is 35.5. The number of hydrogen-bond donors (Lipinski definition) is 2. The molecule has 0 aliphatic carbocycles. The van der Waals surface area contributed by atoms with Crippen LogP contribution in [0.25, 0.3) is 0 Å². The van der Waals surface area contributed by atoms with Crippen LogP contribution in [-0.4, -0.2) is 24.0 Å². The lowest BCUT2D eigenvalue weighted by Gasteiger charge is -2.29. The van der Waals surface area contributed by atoms with Gasteiger partial charge in [0.25, 0.3) is 5.91 Å². The zero-order chi connectivity index (χ0) is 13.4. The van der Waals surface area contributed by atoms with Gasteiger partial charge < -0.3 is 10.6 Å². The summed E-state index contributed by atoms with van der Waals surface area (Å²) in [7, 11) is 0. The van der Waals surface area contributed by atoms with Crippen LogP contribution in [0.1, 0.15) is 41.6 Å². The van der Waals surface area contributed by atoms with E-state index in [1.807, 2.05) is 19.1 Å². The molecule has 2 atom stereocenters. The maximum atomic E-state index is 12.3. The molecule has 2 fully saturated rings. The molecular weight excluding hydrogens is 295 g/mol. The van der Waals surface area contributed by atoms with E-state index in [1.54, 1.807) is 6.07 Å². The minimum atomic E-state index is -0.00287. The minimum Gasteiger partial charge on any atom is -0.349 e. The number of piperidine rings is 1. The van der Waals surface area contributed by atoms with E-state index >= 15 is 0 Å². The number of halogens is 2. The fraction of sp³-hybridized carbons (Fsp3) is 0.533. The van der Waals surface area contributed by atoms with Gasteiger partial charge in [-0.25, -0.2) is 0 Å². The average molecular weight is 315 g/mol. The molecule has 1 aromatic carbocycles. The van der Waals surface area contributed by atoms with Crippen LogP contribution in [-0.2, 0) is 0 Å². The number of nitrogens with one attached hydrogen (secondary N) is 2. The van der Waals surface area contributed by atoms with Crippen LogP contribution in [0.4, 0.5) is 0 Å². The fourth-order valence-electron chi connectivity index (χ4n) is 3.31. The van der Waals surface area contributed by atoms with E-state index in [-0.39, 0.29) is 18.3 Å². The van der Waals surface area contributed by atoms with Crippen molar-refractivity contribution in [2.75, 3.05) is 0 Å². The zero-order valence-corrected chi connectivity index (χ0v) is 13.1. The van der Waals surface area contributed by atoms with Gasteiger partial charge in [-0.05, 0) is 56.4 Å². The molecule has 2 unspecified atom stereocenters. The van der Waals surface area contributed by atoms with Gasteiger partial charge in [0, 0.05) is 28.7 Å². The van der Waals surface area contributed by atoms with Crippen molar-refractivity contribution in [1.82, 2.24) is 10.6 Å². The summed E-state index contributed by atoms with van der Waals surface area (Å²) in [6, 6.07) is 6.96. The number of fused-ring (bicyclic) bond motifs is 2. The van der Waals surface area contributed by atoms with Gasteiger partial charge >= 0.3 is 0 Å². The van der Waals surface area contributed by atoms with Crippen LogP contribution in [0.15, 0.2) is 18.2 Å². The van der Waals surface area contributed by atoms with Crippen LogP contribution >= 0.6 is 24.0 Å². The molecule has 1 aromatic rings. The summed E-state index contributed by atoms with van der Waals surface area (Å²) in [4.78, 5) is 12.3. The summed E-state index contributed by atoms with van der Waals surface area (Å²) in [5, 5.41) is 7.35. The minimum absolute atomic E-state index is 0. The molecule has 2 aliphatic rings. The number of amides is 1. The molecule has 110 valence electrons. The van der Waals surface area contributed by atoms with Gasteiger partial charge in [0.05, 0.1) is 0 Å². The first kappa shape index (κ1) is 15.6. The Labute approximate surface area is 130 Å². The molecule has 0 spiro atoms. The fourth-order valence-corrected chi connectivity index (χ4v) is 3.60. The van der Waals surface area contributed by atoms with Crippen molar-refractivity contribution in [3.8, 4) is 0 Å². The summed E-state index contributed by atoms with van der Waals surface area (Å²) in [5.41, 5.74) is 1.68. The molecule has 0 saturated carbocycles. The quantitative estimate of drug-likeness (QED) is 0.880. The van der Waals surface area contributed by atoms with E-state index in [4.69, 9.17) is 11.6 Å². The largest absolute Gasteiger partial charge is 0.349 e. The lowest BCUT2D eigenvalue weighted by molar-refractivity contribution is 0.0924. The number of benzene rings is 1. The lowest BCUT2D eigenvalue weighted by Crippen LogP contribution is -2.48. The van der Waals surface area contributed by atoms with Gasteiger partial charge in [-0.15, -0.1) is 12.4 Å². The second-order valence-corrected chi connectivity index (χ2v) is 6.23. The summed E-state index contributed by atoms with van der Waals surface area (Å²) < 4.78 is 0. The number of carbonyl (C=O) groups is 1. The van der Waals surface area contributed by atoms with Crippen molar-refractivity contribution < 1.29 is 4.79 Å². The van der Waals surface area contributed by atoms with Crippen LogP contribution in [0.2, 0.25) is 5.02 Å². The maximum Gasteiger partial charge on any atom is 0.251 e.